The van der Waals surface area contributed by atoms with Crippen LogP contribution in [-0.4, -0.2) is 21.3 Å². The second-order valence-corrected chi connectivity index (χ2v) is 6.31. The molecule has 0 aromatic heterocycles. The molecule has 138 valence electrons. The van der Waals surface area contributed by atoms with E-state index < -0.39 is 7.25 Å². The number of rotatable bonds is 1. The topological polar surface area (TPSA) is 16.1 Å². The molecule has 1 aromatic rings. The van der Waals surface area contributed by atoms with Crippen molar-refractivity contribution in [2.45, 2.75) is 6.92 Å². The molecule has 0 atom stereocenters. The molecular weight excluding hydrogens is 368 g/mol. The van der Waals surface area contributed by atoms with E-state index in [0.29, 0.717) is 0 Å². The van der Waals surface area contributed by atoms with Gasteiger partial charge in [-0.15, -0.1) is 0 Å². The molecular formula is C18H17BClF4NO. The van der Waals surface area contributed by atoms with Gasteiger partial charge >= 0.3 is 7.25 Å². The summed E-state index contributed by atoms with van der Waals surface area (Å²) in [5.41, 5.74) is 3.37. The summed E-state index contributed by atoms with van der Waals surface area (Å²) in [5.74, 6) is 1.75. The van der Waals surface area contributed by atoms with E-state index in [4.69, 9.17) is 16.0 Å². The predicted octanol–water partition coefficient (Wildman–Crippen LogP) is 5.35. The van der Waals surface area contributed by atoms with E-state index in [0.717, 1.165) is 33.0 Å². The molecule has 1 aliphatic carbocycles. The minimum atomic E-state index is -6.00. The summed E-state index contributed by atoms with van der Waals surface area (Å²) in [5, 5.41) is 1.85. The zero-order valence-electron chi connectivity index (χ0n) is 14.4. The van der Waals surface area contributed by atoms with Crippen LogP contribution in [0, 0.1) is 6.92 Å². The molecule has 0 N–H and O–H groups in total. The lowest BCUT2D eigenvalue weighted by Gasteiger charge is -2.11. The lowest BCUT2D eigenvalue weighted by Crippen LogP contribution is -2.21. The van der Waals surface area contributed by atoms with Crippen molar-refractivity contribution in [1.82, 2.24) is 4.58 Å². The second kappa shape index (κ2) is 7.95. The highest BCUT2D eigenvalue weighted by molar-refractivity contribution is 6.50. The first-order valence-corrected chi connectivity index (χ1v) is 8.10. The highest BCUT2D eigenvalue weighted by Gasteiger charge is 2.20. The molecule has 0 bridgehead atoms. The van der Waals surface area contributed by atoms with E-state index >= 15 is 0 Å². The summed E-state index contributed by atoms with van der Waals surface area (Å²) in [6, 6.07) is 16.1. The van der Waals surface area contributed by atoms with E-state index in [1.165, 1.54) is 5.56 Å². The van der Waals surface area contributed by atoms with Crippen LogP contribution in [0.5, 0.6) is 0 Å². The normalized spacial score (nSPS) is 11.1. The van der Waals surface area contributed by atoms with Crippen molar-refractivity contribution < 1.29 is 21.7 Å². The molecule has 26 heavy (non-hydrogen) atoms. The third-order valence-electron chi connectivity index (χ3n) is 3.60. The Morgan fingerprint density at radius 3 is 2.00 bits per heavy atom. The molecule has 8 heteroatoms. The zero-order chi connectivity index (χ0) is 19.5. The van der Waals surface area contributed by atoms with E-state index in [9.17, 15) is 17.3 Å². The lowest BCUT2D eigenvalue weighted by atomic mass is 10.0. The summed E-state index contributed by atoms with van der Waals surface area (Å²) in [6.45, 7) is 2.10. The minimum Gasteiger partial charge on any atom is -0.456 e. The predicted molar refractivity (Wildman–Crippen MR) is 97.8 cm³/mol. The van der Waals surface area contributed by atoms with E-state index in [1.807, 2.05) is 38.4 Å². The van der Waals surface area contributed by atoms with Crippen LogP contribution in [0.25, 0.3) is 22.6 Å². The molecule has 0 amide bonds. The van der Waals surface area contributed by atoms with Gasteiger partial charge < -0.3 is 21.7 Å². The number of benzene rings is 2. The van der Waals surface area contributed by atoms with Gasteiger partial charge in [0.15, 0.2) is 0 Å². The van der Waals surface area contributed by atoms with Crippen molar-refractivity contribution in [3.8, 4) is 22.6 Å². The van der Waals surface area contributed by atoms with E-state index in [-0.39, 0.29) is 0 Å². The van der Waals surface area contributed by atoms with Crippen molar-refractivity contribution in [2.75, 3.05) is 14.1 Å². The molecule has 2 aliphatic rings. The average molecular weight is 386 g/mol. The van der Waals surface area contributed by atoms with Crippen LogP contribution >= 0.6 is 11.6 Å². The smallest absolute Gasteiger partial charge is 0.456 e. The molecule has 0 saturated heterocycles. The van der Waals surface area contributed by atoms with Gasteiger partial charge in [-0.3, -0.25) is 0 Å². The number of nitrogens with zero attached hydrogens (tertiary/aromatic N) is 1. The maximum Gasteiger partial charge on any atom is 0.673 e. The van der Waals surface area contributed by atoms with Crippen LogP contribution in [0.3, 0.4) is 0 Å². The second-order valence-electron chi connectivity index (χ2n) is 5.87. The van der Waals surface area contributed by atoms with Crippen LogP contribution in [0.1, 0.15) is 5.56 Å². The fourth-order valence-corrected chi connectivity index (χ4v) is 2.50. The summed E-state index contributed by atoms with van der Waals surface area (Å²) in [6.07, 6.45) is 0. The lowest BCUT2D eigenvalue weighted by molar-refractivity contribution is 0.368. The zero-order valence-corrected chi connectivity index (χ0v) is 15.2. The van der Waals surface area contributed by atoms with Crippen LogP contribution in [-0.2, 0) is 0 Å². The Hall–Kier alpha value is -2.28. The van der Waals surface area contributed by atoms with Crippen molar-refractivity contribution in [2.24, 2.45) is 0 Å². The first-order valence-electron chi connectivity index (χ1n) is 7.72. The van der Waals surface area contributed by atoms with Gasteiger partial charge in [0, 0.05) is 22.2 Å². The molecule has 1 aliphatic heterocycles. The number of aryl methyl sites for hydroxylation is 1. The van der Waals surface area contributed by atoms with Gasteiger partial charge in [-0.1, -0.05) is 11.6 Å². The number of fused-ring (bicyclic) bond motifs is 1. The van der Waals surface area contributed by atoms with Gasteiger partial charge in [-0.25, -0.2) is 4.58 Å². The molecule has 0 spiro atoms. The average Bonchev–Trinajstić information content (AvgIpc) is 2.53. The van der Waals surface area contributed by atoms with Crippen molar-refractivity contribution in [3.05, 3.63) is 64.5 Å². The molecule has 0 fully saturated rings. The van der Waals surface area contributed by atoms with Gasteiger partial charge in [0.2, 0.25) is 5.36 Å². The van der Waals surface area contributed by atoms with Gasteiger partial charge in [0.25, 0.3) is 0 Å². The standard InChI is InChI=1S/C18H17ClNO.BF4/c1-12-10-17(13-4-6-14(19)7-5-13)21-18-11-15(20(2)3)8-9-16(12)18;2-1(3,4)5/h4-11H,1-3H3;/q+1;-1. The fraction of sp³-hybridized carbons (Fsp3) is 0.167. The number of hydrogen-bond donors (Lipinski definition) is 0. The molecule has 0 saturated carbocycles. The Balaban J connectivity index is 0.000000431. The third-order valence-corrected chi connectivity index (χ3v) is 3.85. The Labute approximate surface area is 153 Å². The van der Waals surface area contributed by atoms with E-state index in [2.05, 4.69) is 35.8 Å². The third kappa shape index (κ3) is 5.63. The van der Waals surface area contributed by atoms with Crippen molar-refractivity contribution in [3.63, 3.8) is 0 Å². The Bertz CT molecular complexity index is 925. The molecule has 0 radical (unpaired) electrons. The summed E-state index contributed by atoms with van der Waals surface area (Å²) >= 11 is 5.94. The highest BCUT2D eigenvalue weighted by atomic mass is 35.5. The van der Waals surface area contributed by atoms with Crippen molar-refractivity contribution in [1.29, 1.82) is 0 Å². The fourth-order valence-electron chi connectivity index (χ4n) is 2.38. The highest BCUT2D eigenvalue weighted by Crippen LogP contribution is 2.31. The minimum absolute atomic E-state index is 0.728. The number of hydrogen-bond acceptors (Lipinski definition) is 1. The molecule has 0 unspecified atom stereocenters. The molecule has 3 rings (SSSR count). The van der Waals surface area contributed by atoms with Crippen LogP contribution in [0.15, 0.2) is 52.9 Å². The van der Waals surface area contributed by atoms with Crippen LogP contribution < -0.4 is 9.93 Å². The van der Waals surface area contributed by atoms with E-state index in [1.54, 1.807) is 0 Å². The Morgan fingerprint density at radius 1 is 0.885 bits per heavy atom. The van der Waals surface area contributed by atoms with Crippen molar-refractivity contribution >= 4 is 18.9 Å². The monoisotopic (exact) mass is 385 g/mol. The Kier molecular flexibility index (Phi) is 6.13. The summed E-state index contributed by atoms with van der Waals surface area (Å²) < 4.78 is 47.2. The van der Waals surface area contributed by atoms with Gasteiger partial charge in [-0.05, 0) is 48.9 Å². The van der Waals surface area contributed by atoms with Crippen LogP contribution in [0.2, 0.25) is 5.02 Å². The summed E-state index contributed by atoms with van der Waals surface area (Å²) in [4.78, 5) is 0. The first-order chi connectivity index (χ1) is 12.0. The SMILES string of the molecule is Cc1cc(-c2ccc(Cl)cc2)oc2cc(=[N+](C)C)ccc1-2.F[B-](F)(F)F. The maximum atomic E-state index is 9.75. The largest absolute Gasteiger partial charge is 0.673 e. The first kappa shape index (κ1) is 20.0. The molecule has 1 heterocycles. The van der Waals surface area contributed by atoms with Crippen LogP contribution in [0.4, 0.5) is 17.3 Å². The summed E-state index contributed by atoms with van der Waals surface area (Å²) in [7, 11) is -1.95. The Morgan fingerprint density at radius 2 is 1.46 bits per heavy atom. The number of halogens is 5. The van der Waals surface area contributed by atoms with Gasteiger partial charge in [0.05, 0.1) is 6.07 Å². The van der Waals surface area contributed by atoms with Gasteiger partial charge in [-0.2, -0.15) is 0 Å². The quantitative estimate of drug-likeness (QED) is 0.313. The maximum absolute atomic E-state index is 9.75. The molecule has 2 nitrogen and oxygen atoms in total. The molecule has 1 aromatic carbocycles. The van der Waals surface area contributed by atoms with Gasteiger partial charge in [0.1, 0.15) is 25.6 Å².